The van der Waals surface area contributed by atoms with Crippen LogP contribution in [0.5, 0.6) is 0 Å². The summed E-state index contributed by atoms with van der Waals surface area (Å²) in [5.74, 6) is -0.168. The number of thioether (sulfide) groups is 1. The van der Waals surface area contributed by atoms with Crippen molar-refractivity contribution in [2.24, 2.45) is 0 Å². The number of carboxylic acids is 1. The number of nitrogens with zero attached hydrogens (tertiary/aromatic N) is 2. The molecule has 0 radical (unpaired) electrons. The van der Waals surface area contributed by atoms with Crippen molar-refractivity contribution in [2.45, 2.75) is 68.4 Å². The minimum Gasteiger partial charge on any atom is -0.476 e. The number of unbranched alkanes of at least 4 members (excludes halogenated alkanes) is 2. The van der Waals surface area contributed by atoms with Crippen molar-refractivity contribution in [2.75, 3.05) is 10.7 Å². The number of halogens is 1. The van der Waals surface area contributed by atoms with E-state index in [1.807, 2.05) is 17.0 Å². The highest BCUT2D eigenvalue weighted by Gasteiger charge is 2.32. The molecule has 1 aromatic heterocycles. The smallest absolute Gasteiger partial charge is 0.355 e. The number of aromatic nitrogens is 1. The molecule has 1 amide bonds. The first-order chi connectivity index (χ1) is 14.5. The summed E-state index contributed by atoms with van der Waals surface area (Å²) in [6.07, 6.45) is 4.68. The molecule has 1 saturated heterocycles. The molecule has 3 rings (SSSR count). The maximum Gasteiger partial charge on any atom is 0.355 e. The molecule has 1 aromatic carbocycles. The fourth-order valence-electron chi connectivity index (χ4n) is 3.66. The van der Waals surface area contributed by atoms with Crippen molar-refractivity contribution in [1.29, 1.82) is 0 Å². The maximum absolute atomic E-state index is 14.4. The standard InChI is InChI=1S/C22H27FN2O3S2/c1-2-3-4-5-18(23)15-6-8-16(9-7-15)25-17(10-11-20(25)26)12-13-29-22-24-19(14-30-22)21(27)28/h6-9,14,17-18H,2-5,10-13H2,1H3,(H,27,28)/t17-,18-/m1/s1. The lowest BCUT2D eigenvalue weighted by atomic mass is 10.0. The molecule has 0 aliphatic carbocycles. The van der Waals surface area contributed by atoms with Gasteiger partial charge in [-0.25, -0.2) is 14.2 Å². The van der Waals surface area contributed by atoms with Crippen molar-refractivity contribution < 1.29 is 19.1 Å². The van der Waals surface area contributed by atoms with Gasteiger partial charge in [-0.1, -0.05) is 50.1 Å². The summed E-state index contributed by atoms with van der Waals surface area (Å²) in [4.78, 5) is 29.3. The van der Waals surface area contributed by atoms with Crippen LogP contribution in [0.15, 0.2) is 34.0 Å². The number of aromatic carboxylic acids is 1. The molecule has 5 nitrogen and oxygen atoms in total. The zero-order chi connectivity index (χ0) is 21.5. The van der Waals surface area contributed by atoms with Crippen molar-refractivity contribution >= 4 is 40.7 Å². The first kappa shape index (κ1) is 22.7. The highest BCUT2D eigenvalue weighted by Crippen LogP contribution is 2.33. The third-order valence-corrected chi connectivity index (χ3v) is 7.35. The Bertz CT molecular complexity index is 856. The zero-order valence-electron chi connectivity index (χ0n) is 17.1. The van der Waals surface area contributed by atoms with Crippen molar-refractivity contribution in [3.8, 4) is 0 Å². The van der Waals surface area contributed by atoms with Crippen LogP contribution in [0.4, 0.5) is 10.1 Å². The second kappa shape index (κ2) is 10.9. The molecule has 1 aliphatic heterocycles. The van der Waals surface area contributed by atoms with Gasteiger partial charge in [0.2, 0.25) is 5.91 Å². The number of rotatable bonds is 11. The molecule has 1 fully saturated rings. The molecule has 30 heavy (non-hydrogen) atoms. The molecule has 0 saturated carbocycles. The Balaban J connectivity index is 1.56. The minimum absolute atomic E-state index is 0.0705. The van der Waals surface area contributed by atoms with E-state index in [4.69, 9.17) is 5.11 Å². The number of carboxylic acid groups (broad SMARTS) is 1. The first-order valence-corrected chi connectivity index (χ1v) is 12.2. The second-order valence-electron chi connectivity index (χ2n) is 7.45. The van der Waals surface area contributed by atoms with E-state index in [0.29, 0.717) is 18.4 Å². The van der Waals surface area contributed by atoms with Gasteiger partial charge >= 0.3 is 5.97 Å². The number of carbonyl (C=O) groups excluding carboxylic acids is 1. The van der Waals surface area contributed by atoms with E-state index in [0.717, 1.165) is 47.9 Å². The number of anilines is 1. The molecule has 1 aliphatic rings. The number of hydrogen-bond acceptors (Lipinski definition) is 5. The summed E-state index contributed by atoms with van der Waals surface area (Å²) < 4.78 is 15.1. The quantitative estimate of drug-likeness (QED) is 0.330. The fourth-order valence-corrected chi connectivity index (χ4v) is 5.57. The Kier molecular flexibility index (Phi) is 8.27. The Hall–Kier alpha value is -1.93. The van der Waals surface area contributed by atoms with Gasteiger partial charge in [0, 0.05) is 29.3 Å². The van der Waals surface area contributed by atoms with Crippen molar-refractivity contribution in [1.82, 2.24) is 4.98 Å². The Morgan fingerprint density at radius 1 is 1.37 bits per heavy atom. The van der Waals surface area contributed by atoms with Crippen LogP contribution in [0, 0.1) is 0 Å². The van der Waals surface area contributed by atoms with E-state index >= 15 is 0 Å². The van der Waals surface area contributed by atoms with Crippen LogP contribution in [-0.2, 0) is 4.79 Å². The number of alkyl halides is 1. The van der Waals surface area contributed by atoms with Crippen LogP contribution in [0.1, 0.15) is 74.1 Å². The summed E-state index contributed by atoms with van der Waals surface area (Å²) >= 11 is 2.84. The molecule has 0 spiro atoms. The van der Waals surface area contributed by atoms with Crippen LogP contribution in [0.25, 0.3) is 0 Å². The average Bonchev–Trinajstić information content (AvgIpc) is 3.35. The van der Waals surface area contributed by atoms with Crippen molar-refractivity contribution in [3.63, 3.8) is 0 Å². The zero-order valence-corrected chi connectivity index (χ0v) is 18.7. The van der Waals surface area contributed by atoms with Gasteiger partial charge in [0.05, 0.1) is 0 Å². The van der Waals surface area contributed by atoms with Gasteiger partial charge in [0.25, 0.3) is 0 Å². The van der Waals surface area contributed by atoms with Crippen LogP contribution < -0.4 is 4.90 Å². The van der Waals surface area contributed by atoms with Gasteiger partial charge in [-0.05, 0) is 37.0 Å². The van der Waals surface area contributed by atoms with Gasteiger partial charge in [-0.3, -0.25) is 4.79 Å². The van der Waals surface area contributed by atoms with E-state index in [1.54, 1.807) is 12.1 Å². The average molecular weight is 451 g/mol. The summed E-state index contributed by atoms with van der Waals surface area (Å²) in [5.41, 5.74) is 1.56. The highest BCUT2D eigenvalue weighted by atomic mass is 32.2. The van der Waals surface area contributed by atoms with Crippen LogP contribution >= 0.6 is 23.1 Å². The number of hydrogen-bond donors (Lipinski definition) is 1. The molecule has 0 unspecified atom stereocenters. The number of carbonyl (C=O) groups is 2. The van der Waals surface area contributed by atoms with Gasteiger partial charge in [-0.15, -0.1) is 11.3 Å². The minimum atomic E-state index is -1.02. The molecule has 1 N–H and O–H groups in total. The lowest BCUT2D eigenvalue weighted by Gasteiger charge is -2.25. The van der Waals surface area contributed by atoms with Crippen molar-refractivity contribution in [3.05, 3.63) is 40.9 Å². The fraction of sp³-hybridized carbons (Fsp3) is 0.500. The predicted octanol–water partition coefficient (Wildman–Crippen LogP) is 6.11. The molecular formula is C22H27FN2O3S2. The SMILES string of the molecule is CCCCC[C@@H](F)c1ccc(N2C(=O)CC[C@@H]2CCSc2nc(C(=O)O)cs2)cc1. The van der Waals surface area contributed by atoms with Gasteiger partial charge < -0.3 is 10.0 Å². The summed E-state index contributed by atoms with van der Waals surface area (Å²) in [7, 11) is 0. The number of thiazole rings is 1. The highest BCUT2D eigenvalue weighted by molar-refractivity contribution is 8.01. The molecule has 2 aromatic rings. The first-order valence-electron chi connectivity index (χ1n) is 10.4. The van der Waals surface area contributed by atoms with Gasteiger partial charge in [0.1, 0.15) is 6.17 Å². The van der Waals surface area contributed by atoms with E-state index in [2.05, 4.69) is 11.9 Å². The van der Waals surface area contributed by atoms with E-state index in [-0.39, 0.29) is 17.6 Å². The van der Waals surface area contributed by atoms with Crippen LogP contribution in [0.3, 0.4) is 0 Å². The largest absolute Gasteiger partial charge is 0.476 e. The van der Waals surface area contributed by atoms with Crippen LogP contribution in [-0.4, -0.2) is 33.8 Å². The lowest BCUT2D eigenvalue weighted by molar-refractivity contribution is -0.117. The normalized spacial score (nSPS) is 17.5. The Labute approximate surface area is 184 Å². The topological polar surface area (TPSA) is 70.5 Å². The molecular weight excluding hydrogens is 423 g/mol. The summed E-state index contributed by atoms with van der Waals surface area (Å²) in [6, 6.07) is 7.40. The third kappa shape index (κ3) is 5.82. The summed E-state index contributed by atoms with van der Waals surface area (Å²) in [5, 5.41) is 10.5. The Morgan fingerprint density at radius 2 is 2.13 bits per heavy atom. The Morgan fingerprint density at radius 3 is 2.80 bits per heavy atom. The predicted molar refractivity (Wildman–Crippen MR) is 119 cm³/mol. The van der Waals surface area contributed by atoms with Gasteiger partial charge in [0.15, 0.2) is 10.0 Å². The van der Waals surface area contributed by atoms with Gasteiger partial charge in [-0.2, -0.15) is 0 Å². The second-order valence-corrected chi connectivity index (χ2v) is 9.65. The maximum atomic E-state index is 14.4. The van der Waals surface area contributed by atoms with E-state index in [1.165, 1.54) is 28.5 Å². The monoisotopic (exact) mass is 450 g/mol. The number of benzene rings is 1. The number of amides is 1. The van der Waals surface area contributed by atoms with E-state index in [9.17, 15) is 14.0 Å². The van der Waals surface area contributed by atoms with E-state index < -0.39 is 12.1 Å². The summed E-state index contributed by atoms with van der Waals surface area (Å²) in [6.45, 7) is 2.11. The lowest BCUT2D eigenvalue weighted by Crippen LogP contribution is -2.33. The molecule has 162 valence electrons. The third-order valence-electron chi connectivity index (χ3n) is 5.30. The molecule has 0 bridgehead atoms. The molecule has 2 heterocycles. The molecule has 2 atom stereocenters. The van der Waals surface area contributed by atoms with Crippen LogP contribution in [0.2, 0.25) is 0 Å². The molecule has 8 heteroatoms.